The number of halogens is 2. The Hall–Kier alpha value is -1.73. The minimum atomic E-state index is -2.47. The van der Waals surface area contributed by atoms with Gasteiger partial charge in [-0.2, -0.15) is 10.1 Å². The number of hydrogen-bond donors (Lipinski definition) is 1. The number of nitrogens with zero attached hydrogens (tertiary/aromatic N) is 4. The van der Waals surface area contributed by atoms with Gasteiger partial charge in [0.15, 0.2) is 0 Å². The molecule has 27 heavy (non-hydrogen) atoms. The minimum Gasteiger partial charge on any atom is -0.351 e. The fraction of sp³-hybridized carbons (Fsp3) is 0.842. The van der Waals surface area contributed by atoms with Crippen LogP contribution in [0.3, 0.4) is 0 Å². The molecule has 1 aromatic heterocycles. The molecule has 1 amide bonds. The third-order valence-corrected chi connectivity index (χ3v) is 7.27. The Bertz CT molecular complexity index is 698. The first kappa shape index (κ1) is 17.4. The number of fused-ring (bicyclic) bond motifs is 2. The van der Waals surface area contributed by atoms with E-state index < -0.39 is 12.5 Å². The van der Waals surface area contributed by atoms with Crippen molar-refractivity contribution in [1.82, 2.24) is 19.7 Å². The largest absolute Gasteiger partial charge is 0.351 e. The Balaban J connectivity index is 1.27. The number of carbonyl (C=O) groups excluding carboxylic acids is 1. The normalized spacial score (nSPS) is 38.1. The SMILES string of the molecule is O=C(C1[C@H]2CCCC[C@@H]12)N1CCC[C@@H]([C@@H]2C[C@H](C(F)F)n3ncnc3N2)C1. The highest BCUT2D eigenvalue weighted by atomic mass is 19.3. The third-order valence-electron chi connectivity index (χ3n) is 7.27. The lowest BCUT2D eigenvalue weighted by atomic mass is 9.86. The molecule has 2 aliphatic carbocycles. The first-order chi connectivity index (χ1) is 13.1. The van der Waals surface area contributed by atoms with Crippen LogP contribution < -0.4 is 5.32 Å². The first-order valence-electron chi connectivity index (χ1n) is 10.4. The van der Waals surface area contributed by atoms with Gasteiger partial charge in [0, 0.05) is 25.0 Å². The van der Waals surface area contributed by atoms with Crippen molar-refractivity contribution >= 4 is 11.9 Å². The van der Waals surface area contributed by atoms with Gasteiger partial charge in [0.1, 0.15) is 12.4 Å². The number of hydrogen-bond acceptors (Lipinski definition) is 4. The van der Waals surface area contributed by atoms with Crippen LogP contribution in [0.15, 0.2) is 6.33 Å². The van der Waals surface area contributed by atoms with Gasteiger partial charge in [-0.15, -0.1) is 0 Å². The highest BCUT2D eigenvalue weighted by molar-refractivity contribution is 5.82. The number of amides is 1. The molecule has 2 saturated carbocycles. The van der Waals surface area contributed by atoms with Gasteiger partial charge in [0.2, 0.25) is 11.9 Å². The summed E-state index contributed by atoms with van der Waals surface area (Å²) in [7, 11) is 0. The van der Waals surface area contributed by atoms with E-state index in [1.807, 2.05) is 4.90 Å². The Morgan fingerprint density at radius 1 is 1.19 bits per heavy atom. The van der Waals surface area contributed by atoms with E-state index in [1.54, 1.807) is 0 Å². The zero-order valence-electron chi connectivity index (χ0n) is 15.4. The Morgan fingerprint density at radius 2 is 1.96 bits per heavy atom. The van der Waals surface area contributed by atoms with Crippen LogP contribution in [-0.4, -0.2) is 51.1 Å². The molecule has 6 atom stereocenters. The lowest BCUT2D eigenvalue weighted by Crippen LogP contribution is -2.49. The van der Waals surface area contributed by atoms with Crippen molar-refractivity contribution in [2.75, 3.05) is 18.4 Å². The van der Waals surface area contributed by atoms with Crippen LogP contribution in [0.2, 0.25) is 0 Å². The highest BCUT2D eigenvalue weighted by Crippen LogP contribution is 2.56. The fourth-order valence-corrected chi connectivity index (χ4v) is 5.81. The second-order valence-electron chi connectivity index (χ2n) is 8.74. The van der Waals surface area contributed by atoms with Gasteiger partial charge in [-0.1, -0.05) is 12.8 Å². The van der Waals surface area contributed by atoms with Crippen molar-refractivity contribution in [3.8, 4) is 0 Å². The molecular formula is C19H27F2N5O. The number of rotatable bonds is 3. The van der Waals surface area contributed by atoms with Gasteiger partial charge in [0.25, 0.3) is 6.43 Å². The number of alkyl halides is 2. The van der Waals surface area contributed by atoms with Crippen LogP contribution >= 0.6 is 0 Å². The first-order valence-corrected chi connectivity index (χ1v) is 10.4. The summed E-state index contributed by atoms with van der Waals surface area (Å²) in [5.41, 5.74) is 0. The van der Waals surface area contributed by atoms with Crippen molar-refractivity contribution in [1.29, 1.82) is 0 Å². The maximum atomic E-state index is 13.5. The quantitative estimate of drug-likeness (QED) is 0.877. The van der Waals surface area contributed by atoms with E-state index in [1.165, 1.54) is 36.7 Å². The van der Waals surface area contributed by atoms with Crippen LogP contribution in [0.5, 0.6) is 0 Å². The van der Waals surface area contributed by atoms with Gasteiger partial charge in [-0.25, -0.2) is 13.5 Å². The van der Waals surface area contributed by atoms with Crippen LogP contribution in [-0.2, 0) is 4.79 Å². The Labute approximate surface area is 157 Å². The van der Waals surface area contributed by atoms with Crippen molar-refractivity contribution in [3.63, 3.8) is 0 Å². The molecular weight excluding hydrogens is 352 g/mol. The molecule has 1 saturated heterocycles. The fourth-order valence-electron chi connectivity index (χ4n) is 5.81. The van der Waals surface area contributed by atoms with Gasteiger partial charge in [-0.05, 0) is 49.9 Å². The summed E-state index contributed by atoms with van der Waals surface area (Å²) in [6, 6.07) is -1.02. The number of piperidine rings is 1. The molecule has 3 heterocycles. The van der Waals surface area contributed by atoms with E-state index in [0.717, 1.165) is 19.4 Å². The molecule has 3 fully saturated rings. The molecule has 0 aromatic carbocycles. The van der Waals surface area contributed by atoms with Crippen molar-refractivity contribution in [2.45, 2.75) is 63.5 Å². The van der Waals surface area contributed by atoms with E-state index in [9.17, 15) is 13.6 Å². The molecule has 1 aromatic rings. The van der Waals surface area contributed by atoms with E-state index in [4.69, 9.17) is 0 Å². The smallest absolute Gasteiger partial charge is 0.260 e. The third kappa shape index (κ3) is 3.01. The molecule has 0 bridgehead atoms. The van der Waals surface area contributed by atoms with Gasteiger partial charge < -0.3 is 10.2 Å². The molecule has 1 N–H and O–H groups in total. The second-order valence-corrected chi connectivity index (χ2v) is 8.74. The molecule has 4 aliphatic rings. The molecule has 1 unspecified atom stereocenters. The zero-order chi connectivity index (χ0) is 18.5. The standard InChI is InChI=1S/C19H27F2N5O/c20-17(21)15-8-14(24-19-22-10-23-26(15)19)11-4-3-7-25(9-11)18(27)16-12-5-1-2-6-13(12)16/h10-17H,1-9H2,(H,22,23,24)/t11-,12-,13+,14+,15-,16?/m1/s1. The zero-order valence-corrected chi connectivity index (χ0v) is 15.4. The van der Waals surface area contributed by atoms with E-state index >= 15 is 0 Å². The maximum Gasteiger partial charge on any atom is 0.260 e. The maximum absolute atomic E-state index is 13.5. The number of nitrogens with one attached hydrogen (secondary N) is 1. The van der Waals surface area contributed by atoms with Crippen molar-refractivity contribution in [3.05, 3.63) is 6.33 Å². The molecule has 5 rings (SSSR count). The summed E-state index contributed by atoms with van der Waals surface area (Å²) in [5, 5.41) is 7.26. The summed E-state index contributed by atoms with van der Waals surface area (Å²) in [6.07, 6.45) is 6.02. The van der Waals surface area contributed by atoms with Crippen LogP contribution in [0, 0.1) is 23.7 Å². The average Bonchev–Trinajstić information content (AvgIpc) is 3.22. The molecule has 0 spiro atoms. The summed E-state index contributed by atoms with van der Waals surface area (Å²) in [6.45, 7) is 1.49. The second kappa shape index (κ2) is 6.71. The molecule has 8 heteroatoms. The predicted octanol–water partition coefficient (Wildman–Crippen LogP) is 2.94. The lowest BCUT2D eigenvalue weighted by molar-refractivity contribution is -0.135. The topological polar surface area (TPSA) is 63.1 Å². The summed E-state index contributed by atoms with van der Waals surface area (Å²) in [4.78, 5) is 19.2. The molecule has 0 radical (unpaired) electrons. The number of carbonyl (C=O) groups is 1. The minimum absolute atomic E-state index is 0.0854. The molecule has 148 valence electrons. The number of anilines is 1. The van der Waals surface area contributed by atoms with E-state index in [2.05, 4.69) is 15.4 Å². The lowest BCUT2D eigenvalue weighted by Gasteiger charge is -2.40. The summed E-state index contributed by atoms with van der Waals surface area (Å²) < 4.78 is 28.4. The van der Waals surface area contributed by atoms with Crippen molar-refractivity contribution < 1.29 is 13.6 Å². The summed E-state index contributed by atoms with van der Waals surface area (Å²) in [5.74, 6) is 2.40. The van der Waals surface area contributed by atoms with Crippen LogP contribution in [0.1, 0.15) is 51.0 Å². The van der Waals surface area contributed by atoms with Crippen LogP contribution in [0.25, 0.3) is 0 Å². The average molecular weight is 379 g/mol. The van der Waals surface area contributed by atoms with Gasteiger partial charge in [-0.3, -0.25) is 4.79 Å². The van der Waals surface area contributed by atoms with Gasteiger partial charge in [0.05, 0.1) is 0 Å². The number of likely N-dealkylation sites (tertiary alicyclic amines) is 1. The van der Waals surface area contributed by atoms with Gasteiger partial charge >= 0.3 is 0 Å². The Morgan fingerprint density at radius 3 is 2.70 bits per heavy atom. The monoisotopic (exact) mass is 379 g/mol. The van der Waals surface area contributed by atoms with E-state index in [0.29, 0.717) is 36.7 Å². The van der Waals surface area contributed by atoms with E-state index in [-0.39, 0.29) is 17.9 Å². The van der Waals surface area contributed by atoms with Crippen LogP contribution in [0.4, 0.5) is 14.7 Å². The molecule has 6 nitrogen and oxygen atoms in total. The Kier molecular flexibility index (Phi) is 4.31. The number of aromatic nitrogens is 3. The predicted molar refractivity (Wildman–Crippen MR) is 95.3 cm³/mol. The molecule has 2 aliphatic heterocycles. The highest BCUT2D eigenvalue weighted by Gasteiger charge is 2.56. The van der Waals surface area contributed by atoms with Crippen molar-refractivity contribution in [2.24, 2.45) is 23.7 Å². The summed E-state index contributed by atoms with van der Waals surface area (Å²) >= 11 is 0.